The molecule has 0 aliphatic rings. The van der Waals surface area contributed by atoms with Gasteiger partial charge in [-0.3, -0.25) is 4.79 Å². The van der Waals surface area contributed by atoms with Crippen molar-refractivity contribution < 1.29 is 4.74 Å². The summed E-state index contributed by atoms with van der Waals surface area (Å²) in [6.45, 7) is 0. The zero-order chi connectivity index (χ0) is 25.2. The number of hydrogen-bond acceptors (Lipinski definition) is 6. The third kappa shape index (κ3) is 4.10. The standard InChI is InChI=1S/C29H22N6O2/c1-37-22-15-13-20(14-16-22)24-26(33-29-30-17-8-18-31-29)32-27-23(19-9-4-2-5-10-19)25(34-35(27)28(24)36)21-11-6-3-7-12-21/h2-18,32H,1H3,(H,30,31,33). The minimum absolute atomic E-state index is 0.281. The third-order valence-electron chi connectivity index (χ3n) is 6.08. The van der Waals surface area contributed by atoms with Crippen LogP contribution < -0.4 is 15.6 Å². The maximum Gasteiger partial charge on any atom is 0.284 e. The normalized spacial score (nSPS) is 10.9. The molecule has 0 atom stereocenters. The quantitative estimate of drug-likeness (QED) is 0.320. The Labute approximate surface area is 212 Å². The Morgan fingerprint density at radius 1 is 0.757 bits per heavy atom. The van der Waals surface area contributed by atoms with E-state index in [0.29, 0.717) is 40.0 Å². The van der Waals surface area contributed by atoms with Gasteiger partial charge in [0.1, 0.15) is 22.9 Å². The van der Waals surface area contributed by atoms with Crippen LogP contribution in [0.4, 0.5) is 11.8 Å². The molecule has 0 saturated carbocycles. The van der Waals surface area contributed by atoms with Gasteiger partial charge >= 0.3 is 0 Å². The molecule has 0 amide bonds. The molecule has 8 heteroatoms. The fourth-order valence-corrected chi connectivity index (χ4v) is 4.35. The van der Waals surface area contributed by atoms with Crippen molar-refractivity contribution in [3.8, 4) is 39.3 Å². The number of anilines is 2. The van der Waals surface area contributed by atoms with Gasteiger partial charge in [0.2, 0.25) is 5.95 Å². The average Bonchev–Trinajstić information content (AvgIpc) is 3.35. The van der Waals surface area contributed by atoms with Gasteiger partial charge in [0.15, 0.2) is 0 Å². The lowest BCUT2D eigenvalue weighted by atomic mass is 10.0. The van der Waals surface area contributed by atoms with Gasteiger partial charge in [-0.15, -0.1) is 0 Å². The van der Waals surface area contributed by atoms with Gasteiger partial charge in [-0.25, -0.2) is 9.97 Å². The van der Waals surface area contributed by atoms with Gasteiger partial charge in [-0.2, -0.15) is 9.61 Å². The second-order valence-electron chi connectivity index (χ2n) is 8.32. The molecular weight excluding hydrogens is 464 g/mol. The van der Waals surface area contributed by atoms with Crippen LogP contribution in [-0.2, 0) is 0 Å². The number of aromatic nitrogens is 5. The summed E-state index contributed by atoms with van der Waals surface area (Å²) in [6.07, 6.45) is 3.28. The highest BCUT2D eigenvalue weighted by Gasteiger charge is 2.23. The number of nitrogens with one attached hydrogen (secondary N) is 2. The van der Waals surface area contributed by atoms with E-state index in [-0.39, 0.29) is 5.56 Å². The topological polar surface area (TPSA) is 97.2 Å². The van der Waals surface area contributed by atoms with Crippen LogP contribution in [0, 0.1) is 0 Å². The van der Waals surface area contributed by atoms with Crippen molar-refractivity contribution in [3.63, 3.8) is 0 Å². The molecule has 0 unspecified atom stereocenters. The molecule has 0 bridgehead atoms. The van der Waals surface area contributed by atoms with Gasteiger partial charge in [0, 0.05) is 18.0 Å². The van der Waals surface area contributed by atoms with Crippen LogP contribution in [0.15, 0.2) is 108 Å². The van der Waals surface area contributed by atoms with E-state index in [4.69, 9.17) is 9.84 Å². The van der Waals surface area contributed by atoms with Crippen molar-refractivity contribution in [2.45, 2.75) is 0 Å². The molecule has 37 heavy (non-hydrogen) atoms. The SMILES string of the molecule is COc1ccc(-c2c(Nc3ncccn3)[nH]c3c(-c4ccccc4)c(-c4ccccc4)nn3c2=O)cc1. The van der Waals surface area contributed by atoms with Crippen molar-refractivity contribution in [2.75, 3.05) is 12.4 Å². The van der Waals surface area contributed by atoms with Crippen molar-refractivity contribution in [2.24, 2.45) is 0 Å². The molecule has 180 valence electrons. The van der Waals surface area contributed by atoms with Gasteiger partial charge in [-0.05, 0) is 29.3 Å². The summed E-state index contributed by atoms with van der Waals surface area (Å²) < 4.78 is 6.74. The van der Waals surface area contributed by atoms with Crippen LogP contribution in [0.25, 0.3) is 39.2 Å². The number of nitrogens with zero attached hydrogens (tertiary/aromatic N) is 4. The van der Waals surface area contributed by atoms with E-state index in [1.165, 1.54) is 4.52 Å². The number of fused-ring (bicyclic) bond motifs is 1. The van der Waals surface area contributed by atoms with Crippen LogP contribution >= 0.6 is 0 Å². The number of H-pyrrole nitrogens is 1. The monoisotopic (exact) mass is 486 g/mol. The van der Waals surface area contributed by atoms with Gasteiger partial charge in [0.05, 0.1) is 18.2 Å². The molecule has 6 rings (SSSR count). The van der Waals surface area contributed by atoms with E-state index in [1.807, 2.05) is 84.9 Å². The first kappa shape index (κ1) is 22.2. The summed E-state index contributed by atoms with van der Waals surface area (Å²) in [4.78, 5) is 26.1. The third-order valence-corrected chi connectivity index (χ3v) is 6.08. The average molecular weight is 487 g/mol. The Morgan fingerprint density at radius 3 is 2.03 bits per heavy atom. The first-order valence-corrected chi connectivity index (χ1v) is 11.7. The highest BCUT2D eigenvalue weighted by molar-refractivity contribution is 5.92. The highest BCUT2D eigenvalue weighted by atomic mass is 16.5. The van der Waals surface area contributed by atoms with Crippen molar-refractivity contribution in [3.05, 3.63) is 114 Å². The van der Waals surface area contributed by atoms with E-state index in [1.54, 1.807) is 25.6 Å². The maximum atomic E-state index is 14.1. The maximum absolute atomic E-state index is 14.1. The fourth-order valence-electron chi connectivity index (χ4n) is 4.35. The largest absolute Gasteiger partial charge is 0.497 e. The second kappa shape index (κ2) is 9.43. The van der Waals surface area contributed by atoms with Crippen LogP contribution in [0.1, 0.15) is 0 Å². The lowest BCUT2D eigenvalue weighted by Crippen LogP contribution is -2.20. The summed E-state index contributed by atoms with van der Waals surface area (Å²) in [5.41, 5.74) is 4.75. The van der Waals surface area contributed by atoms with Crippen LogP contribution in [0.3, 0.4) is 0 Å². The molecule has 6 aromatic rings. The van der Waals surface area contributed by atoms with Crippen LogP contribution in [0.2, 0.25) is 0 Å². The molecule has 8 nitrogen and oxygen atoms in total. The van der Waals surface area contributed by atoms with Gasteiger partial charge in [0.25, 0.3) is 5.56 Å². The van der Waals surface area contributed by atoms with Gasteiger partial charge < -0.3 is 15.0 Å². The molecule has 0 saturated heterocycles. The molecule has 3 aromatic heterocycles. The molecule has 3 aromatic carbocycles. The molecule has 0 radical (unpaired) electrons. The number of ether oxygens (including phenoxy) is 1. The predicted octanol–water partition coefficient (Wildman–Crippen LogP) is 5.57. The number of methoxy groups -OCH3 is 1. The van der Waals surface area contributed by atoms with Crippen molar-refractivity contribution in [1.82, 2.24) is 24.6 Å². The Kier molecular flexibility index (Phi) is 5.67. The first-order chi connectivity index (χ1) is 18.2. The van der Waals surface area contributed by atoms with E-state index >= 15 is 0 Å². The highest BCUT2D eigenvalue weighted by Crippen LogP contribution is 2.36. The summed E-state index contributed by atoms with van der Waals surface area (Å²) in [5.74, 6) is 1.52. The molecule has 2 N–H and O–H groups in total. The Balaban J connectivity index is 1.67. The summed E-state index contributed by atoms with van der Waals surface area (Å²) in [7, 11) is 1.60. The molecule has 0 aliphatic heterocycles. The first-order valence-electron chi connectivity index (χ1n) is 11.7. The van der Waals surface area contributed by atoms with Crippen LogP contribution in [0.5, 0.6) is 5.75 Å². The molecule has 0 spiro atoms. The minimum Gasteiger partial charge on any atom is -0.497 e. The van der Waals surface area contributed by atoms with E-state index in [2.05, 4.69) is 20.3 Å². The van der Waals surface area contributed by atoms with E-state index in [0.717, 1.165) is 16.7 Å². The fraction of sp³-hybridized carbons (Fsp3) is 0.0345. The predicted molar refractivity (Wildman–Crippen MR) is 144 cm³/mol. The Hall–Kier alpha value is -5.24. The van der Waals surface area contributed by atoms with Crippen molar-refractivity contribution in [1.29, 1.82) is 0 Å². The Bertz CT molecular complexity index is 1730. The molecule has 0 aliphatic carbocycles. The summed E-state index contributed by atoms with van der Waals surface area (Å²) in [6, 6.07) is 28.8. The van der Waals surface area contributed by atoms with Crippen LogP contribution in [-0.4, -0.2) is 31.7 Å². The smallest absolute Gasteiger partial charge is 0.284 e. The minimum atomic E-state index is -0.281. The molecular formula is C29H22N6O2. The second-order valence-corrected chi connectivity index (χ2v) is 8.32. The molecule has 0 fully saturated rings. The number of hydrogen-bond donors (Lipinski definition) is 2. The number of benzene rings is 3. The number of rotatable bonds is 6. The van der Waals surface area contributed by atoms with E-state index in [9.17, 15) is 4.79 Å². The van der Waals surface area contributed by atoms with Crippen molar-refractivity contribution >= 4 is 17.4 Å². The molecule has 3 heterocycles. The number of aromatic amines is 1. The lowest BCUT2D eigenvalue weighted by Gasteiger charge is -2.12. The summed E-state index contributed by atoms with van der Waals surface area (Å²) >= 11 is 0. The Morgan fingerprint density at radius 2 is 1.38 bits per heavy atom. The zero-order valence-corrected chi connectivity index (χ0v) is 19.9. The van der Waals surface area contributed by atoms with E-state index < -0.39 is 0 Å². The van der Waals surface area contributed by atoms with Gasteiger partial charge in [-0.1, -0.05) is 72.8 Å². The zero-order valence-electron chi connectivity index (χ0n) is 19.9. The lowest BCUT2D eigenvalue weighted by molar-refractivity contribution is 0.415. The summed E-state index contributed by atoms with van der Waals surface area (Å²) in [5, 5.41) is 8.03.